The number of rotatable bonds is 10. The molecule has 0 bridgehead atoms. The van der Waals surface area contributed by atoms with Crippen molar-refractivity contribution in [2.45, 2.75) is 45.9 Å². The van der Waals surface area contributed by atoms with Gasteiger partial charge in [0.05, 0.1) is 6.42 Å². The molecule has 2 N–H and O–H groups in total. The molecule has 0 unspecified atom stereocenters. The predicted molar refractivity (Wildman–Crippen MR) is 161 cm³/mol. The van der Waals surface area contributed by atoms with E-state index in [1.54, 1.807) is 10.8 Å². The molecule has 0 aliphatic carbocycles. The van der Waals surface area contributed by atoms with Gasteiger partial charge in [-0.05, 0) is 39.3 Å². The number of amides is 2. The molecule has 0 aliphatic rings. The predicted octanol–water partition coefficient (Wildman–Crippen LogP) is 5.77. The van der Waals surface area contributed by atoms with Gasteiger partial charge in [-0.2, -0.15) is 0 Å². The average molecular weight is 552 g/mol. The highest BCUT2D eigenvalue weighted by molar-refractivity contribution is 5.91. The van der Waals surface area contributed by atoms with E-state index in [2.05, 4.69) is 34.9 Å². The monoisotopic (exact) mass is 551 g/mol. The number of esters is 1. The van der Waals surface area contributed by atoms with Gasteiger partial charge in [0.25, 0.3) is 0 Å². The highest BCUT2D eigenvalue weighted by Crippen LogP contribution is 2.27. The molecule has 0 aliphatic heterocycles. The van der Waals surface area contributed by atoms with Crippen molar-refractivity contribution in [2.24, 2.45) is 5.41 Å². The van der Waals surface area contributed by atoms with E-state index in [-0.39, 0.29) is 18.9 Å². The van der Waals surface area contributed by atoms with Crippen molar-refractivity contribution in [3.8, 4) is 22.3 Å². The molecule has 0 radical (unpaired) electrons. The second kappa shape index (κ2) is 13.1. The van der Waals surface area contributed by atoms with Gasteiger partial charge in [0.1, 0.15) is 18.7 Å². The Morgan fingerprint density at radius 3 is 1.90 bits per heavy atom. The third-order valence-electron chi connectivity index (χ3n) is 6.97. The van der Waals surface area contributed by atoms with E-state index < -0.39 is 29.4 Å². The lowest BCUT2D eigenvalue weighted by Crippen LogP contribution is -2.54. The van der Waals surface area contributed by atoms with Crippen LogP contribution in [-0.2, 0) is 25.7 Å². The van der Waals surface area contributed by atoms with Crippen molar-refractivity contribution in [3.05, 3.63) is 109 Å². The Morgan fingerprint density at radius 1 is 0.756 bits per heavy atom. The first-order valence-electron chi connectivity index (χ1n) is 13.7. The minimum Gasteiger partial charge on any atom is -0.461 e. The SMILES string of the molecule is CNC(=O)[C@@H](NC(=O)[C@@H](CC(=O)OCc1ccccc1)n1ccc(-c2ccc(-c3ccccc3)cc2)c1)C(C)(C)C. The van der Waals surface area contributed by atoms with Crippen LogP contribution >= 0.6 is 0 Å². The summed E-state index contributed by atoms with van der Waals surface area (Å²) in [6, 6.07) is 27.9. The number of nitrogens with zero attached hydrogens (tertiary/aromatic N) is 1. The van der Waals surface area contributed by atoms with E-state index in [0.29, 0.717) is 0 Å². The molecule has 2 atom stereocenters. The van der Waals surface area contributed by atoms with Gasteiger partial charge >= 0.3 is 5.97 Å². The number of aromatic nitrogens is 1. The van der Waals surface area contributed by atoms with Crippen molar-refractivity contribution in [1.82, 2.24) is 15.2 Å². The molecule has 0 fully saturated rings. The summed E-state index contributed by atoms with van der Waals surface area (Å²) in [4.78, 5) is 39.2. The Balaban J connectivity index is 1.57. The first kappa shape index (κ1) is 29.3. The highest BCUT2D eigenvalue weighted by atomic mass is 16.5. The van der Waals surface area contributed by atoms with Crippen molar-refractivity contribution >= 4 is 17.8 Å². The van der Waals surface area contributed by atoms with Crippen LogP contribution in [0.25, 0.3) is 22.3 Å². The average Bonchev–Trinajstić information content (AvgIpc) is 3.47. The maximum atomic E-state index is 13.7. The number of ether oxygens (including phenoxy) is 1. The fraction of sp³-hybridized carbons (Fsp3) is 0.265. The van der Waals surface area contributed by atoms with Crippen LogP contribution in [0.15, 0.2) is 103 Å². The van der Waals surface area contributed by atoms with Crippen LogP contribution in [-0.4, -0.2) is 35.4 Å². The van der Waals surface area contributed by atoms with Gasteiger partial charge in [0, 0.05) is 19.4 Å². The normalized spacial score (nSPS) is 12.7. The fourth-order valence-corrected chi connectivity index (χ4v) is 4.61. The Hall–Kier alpha value is -4.65. The quantitative estimate of drug-likeness (QED) is 0.245. The van der Waals surface area contributed by atoms with Gasteiger partial charge < -0.3 is 19.9 Å². The van der Waals surface area contributed by atoms with Crippen LogP contribution in [0.1, 0.15) is 38.8 Å². The minimum absolute atomic E-state index is 0.113. The molecule has 0 saturated carbocycles. The minimum atomic E-state index is -0.912. The molecule has 1 heterocycles. The Morgan fingerprint density at radius 2 is 1.32 bits per heavy atom. The van der Waals surface area contributed by atoms with E-state index in [1.807, 2.05) is 93.7 Å². The van der Waals surface area contributed by atoms with Gasteiger partial charge in [0.15, 0.2) is 0 Å². The molecule has 1 aromatic heterocycles. The first-order valence-corrected chi connectivity index (χ1v) is 13.7. The van der Waals surface area contributed by atoms with Crippen molar-refractivity contribution in [3.63, 3.8) is 0 Å². The summed E-state index contributed by atoms with van der Waals surface area (Å²) < 4.78 is 7.22. The van der Waals surface area contributed by atoms with Gasteiger partial charge in [-0.15, -0.1) is 0 Å². The standard InChI is InChI=1S/C34H37N3O4/c1-34(2,3)31(33(40)35-4)36-32(39)29(21-30(38)41-23-24-11-7-5-8-12-24)37-20-19-28(22-37)27-17-15-26(16-18-27)25-13-9-6-10-14-25/h5-20,22,29,31H,21,23H2,1-4H3,(H,35,40)(H,36,39)/t29-,31-/m1/s1. The summed E-state index contributed by atoms with van der Waals surface area (Å²) in [7, 11) is 1.53. The third kappa shape index (κ3) is 7.72. The van der Waals surface area contributed by atoms with E-state index in [9.17, 15) is 14.4 Å². The molecular weight excluding hydrogens is 514 g/mol. The Labute approximate surface area is 241 Å². The lowest BCUT2D eigenvalue weighted by atomic mass is 9.86. The maximum Gasteiger partial charge on any atom is 0.308 e. The molecule has 0 spiro atoms. The maximum absolute atomic E-state index is 13.7. The molecular formula is C34H37N3O4. The largest absolute Gasteiger partial charge is 0.461 e. The summed E-state index contributed by atoms with van der Waals surface area (Å²) >= 11 is 0. The van der Waals surface area contributed by atoms with Crippen LogP contribution in [0.2, 0.25) is 0 Å². The topological polar surface area (TPSA) is 89.4 Å². The van der Waals surface area contributed by atoms with Crippen LogP contribution in [0.3, 0.4) is 0 Å². The zero-order valence-corrected chi connectivity index (χ0v) is 24.0. The number of benzene rings is 3. The van der Waals surface area contributed by atoms with Crippen LogP contribution < -0.4 is 10.6 Å². The fourth-order valence-electron chi connectivity index (χ4n) is 4.61. The van der Waals surface area contributed by atoms with Crippen LogP contribution in [0.4, 0.5) is 0 Å². The van der Waals surface area contributed by atoms with E-state index in [4.69, 9.17) is 4.74 Å². The lowest BCUT2D eigenvalue weighted by molar-refractivity contribution is -0.148. The zero-order chi connectivity index (χ0) is 29.4. The van der Waals surface area contributed by atoms with Gasteiger partial charge in [-0.1, -0.05) is 106 Å². The van der Waals surface area contributed by atoms with Crippen LogP contribution in [0, 0.1) is 5.41 Å². The summed E-state index contributed by atoms with van der Waals surface area (Å²) in [5, 5.41) is 5.51. The molecule has 7 heteroatoms. The summed E-state index contributed by atoms with van der Waals surface area (Å²) in [6.07, 6.45) is 3.43. The second-order valence-electron chi connectivity index (χ2n) is 11.1. The molecule has 212 valence electrons. The van der Waals surface area contributed by atoms with Crippen molar-refractivity contribution in [2.75, 3.05) is 7.05 Å². The molecule has 0 saturated heterocycles. The summed E-state index contributed by atoms with van der Waals surface area (Å²) in [6.45, 7) is 5.75. The molecule has 2 amide bonds. The summed E-state index contributed by atoms with van der Waals surface area (Å²) in [5.74, 6) is -1.25. The van der Waals surface area contributed by atoms with Crippen molar-refractivity contribution in [1.29, 1.82) is 0 Å². The first-order chi connectivity index (χ1) is 19.7. The van der Waals surface area contributed by atoms with E-state index in [1.165, 1.54) is 7.05 Å². The Bertz CT molecular complexity index is 1460. The highest BCUT2D eigenvalue weighted by Gasteiger charge is 2.35. The summed E-state index contributed by atoms with van der Waals surface area (Å²) in [5.41, 5.74) is 4.43. The number of hydrogen-bond donors (Lipinski definition) is 2. The molecule has 3 aromatic carbocycles. The number of hydrogen-bond acceptors (Lipinski definition) is 4. The van der Waals surface area contributed by atoms with E-state index >= 15 is 0 Å². The molecule has 4 aromatic rings. The smallest absolute Gasteiger partial charge is 0.308 e. The van der Waals surface area contributed by atoms with Gasteiger partial charge in [0.2, 0.25) is 11.8 Å². The molecule has 7 nitrogen and oxygen atoms in total. The van der Waals surface area contributed by atoms with Crippen molar-refractivity contribution < 1.29 is 19.1 Å². The molecule has 4 rings (SSSR count). The zero-order valence-electron chi connectivity index (χ0n) is 24.0. The second-order valence-corrected chi connectivity index (χ2v) is 11.1. The lowest BCUT2D eigenvalue weighted by Gasteiger charge is -2.31. The number of likely N-dealkylation sites (N-methyl/N-ethyl adjacent to an activating group) is 1. The Kier molecular flexibility index (Phi) is 9.40. The van der Waals surface area contributed by atoms with E-state index in [0.717, 1.165) is 27.8 Å². The number of carbonyl (C=O) groups excluding carboxylic acids is 3. The molecule has 41 heavy (non-hydrogen) atoms. The number of carbonyl (C=O) groups is 3. The third-order valence-corrected chi connectivity index (χ3v) is 6.97. The number of nitrogens with one attached hydrogen (secondary N) is 2. The van der Waals surface area contributed by atoms with Gasteiger partial charge in [-0.3, -0.25) is 14.4 Å². The van der Waals surface area contributed by atoms with Crippen LogP contribution in [0.5, 0.6) is 0 Å². The van der Waals surface area contributed by atoms with Gasteiger partial charge in [-0.25, -0.2) is 0 Å².